The van der Waals surface area contributed by atoms with E-state index in [2.05, 4.69) is 34.6 Å². The van der Waals surface area contributed by atoms with Gasteiger partial charge in [-0.05, 0) is 57.3 Å². The van der Waals surface area contributed by atoms with E-state index >= 15 is 0 Å². The first-order valence-electron chi connectivity index (χ1n) is 6.88. The Balaban J connectivity index is 2.58. The van der Waals surface area contributed by atoms with Crippen LogP contribution in [0.25, 0.3) is 0 Å². The van der Waals surface area contributed by atoms with Crippen molar-refractivity contribution in [1.82, 2.24) is 0 Å². The van der Waals surface area contributed by atoms with E-state index in [0.29, 0.717) is 11.3 Å². The number of aliphatic hydroxyl groups is 1. The summed E-state index contributed by atoms with van der Waals surface area (Å²) < 4.78 is 5.44. The molecule has 1 rings (SSSR count). The monoisotopic (exact) mass is 242 g/mol. The summed E-state index contributed by atoms with van der Waals surface area (Å²) in [5, 5.41) is 10.8. The van der Waals surface area contributed by atoms with Gasteiger partial charge in [-0.3, -0.25) is 0 Å². The Bertz CT molecular complexity index is 258. The fraction of sp³-hybridized carbons (Fsp3) is 1.00. The Hall–Kier alpha value is -0.0800. The average Bonchev–Trinajstić information content (AvgIpc) is 2.22. The third-order valence-corrected chi connectivity index (χ3v) is 4.72. The van der Waals surface area contributed by atoms with E-state index in [1.165, 1.54) is 0 Å². The maximum absolute atomic E-state index is 10.8. The van der Waals surface area contributed by atoms with Gasteiger partial charge in [-0.2, -0.15) is 0 Å². The molecule has 0 aromatic carbocycles. The van der Waals surface area contributed by atoms with Crippen molar-refractivity contribution in [1.29, 1.82) is 0 Å². The maximum atomic E-state index is 10.8. The summed E-state index contributed by atoms with van der Waals surface area (Å²) in [4.78, 5) is 0. The molecule has 2 heteroatoms. The molecule has 17 heavy (non-hydrogen) atoms. The van der Waals surface area contributed by atoms with Gasteiger partial charge in [0, 0.05) is 7.11 Å². The standard InChI is InChI=1S/C15H30O2/c1-12-11-13(2,3)7-9-15(12,16)10-8-14(4,5)17-6/h12,16H,7-11H2,1-6H3. The fourth-order valence-electron chi connectivity index (χ4n) is 2.91. The number of ether oxygens (including phenoxy) is 1. The number of hydrogen-bond donors (Lipinski definition) is 1. The molecule has 1 aliphatic carbocycles. The summed E-state index contributed by atoms with van der Waals surface area (Å²) in [6.07, 6.45) is 4.95. The van der Waals surface area contributed by atoms with E-state index in [4.69, 9.17) is 4.74 Å². The topological polar surface area (TPSA) is 29.5 Å². The van der Waals surface area contributed by atoms with Crippen LogP contribution in [0.4, 0.5) is 0 Å². The van der Waals surface area contributed by atoms with Crippen LogP contribution in [-0.2, 0) is 4.74 Å². The molecule has 0 spiro atoms. The zero-order valence-electron chi connectivity index (χ0n) is 12.5. The van der Waals surface area contributed by atoms with Gasteiger partial charge in [0.2, 0.25) is 0 Å². The van der Waals surface area contributed by atoms with Crippen LogP contribution in [0.5, 0.6) is 0 Å². The zero-order chi connectivity index (χ0) is 13.3. The minimum Gasteiger partial charge on any atom is -0.390 e. The second-order valence-electron chi connectivity index (χ2n) is 7.34. The molecule has 2 atom stereocenters. The van der Waals surface area contributed by atoms with Crippen molar-refractivity contribution in [2.45, 2.75) is 77.9 Å². The summed E-state index contributed by atoms with van der Waals surface area (Å²) >= 11 is 0. The van der Waals surface area contributed by atoms with Crippen molar-refractivity contribution in [3.8, 4) is 0 Å². The van der Waals surface area contributed by atoms with Crippen LogP contribution in [0.2, 0.25) is 0 Å². The summed E-state index contributed by atoms with van der Waals surface area (Å²) in [5.41, 5.74) is -0.212. The molecule has 2 nitrogen and oxygen atoms in total. The smallest absolute Gasteiger partial charge is 0.0674 e. The predicted octanol–water partition coefficient (Wildman–Crippen LogP) is 3.77. The highest BCUT2D eigenvalue weighted by molar-refractivity contribution is 4.94. The minimum atomic E-state index is -0.481. The van der Waals surface area contributed by atoms with E-state index in [1.807, 2.05) is 0 Å². The fourth-order valence-corrected chi connectivity index (χ4v) is 2.91. The Morgan fingerprint density at radius 1 is 1.29 bits per heavy atom. The lowest BCUT2D eigenvalue weighted by atomic mass is 9.64. The first kappa shape index (κ1) is 15.0. The number of rotatable bonds is 4. The quantitative estimate of drug-likeness (QED) is 0.813. The molecule has 0 aromatic rings. The van der Waals surface area contributed by atoms with Gasteiger partial charge in [0.25, 0.3) is 0 Å². The molecule has 0 aliphatic heterocycles. The summed E-state index contributed by atoms with van der Waals surface area (Å²) in [5.74, 6) is 0.388. The van der Waals surface area contributed by atoms with Crippen LogP contribution in [-0.4, -0.2) is 23.4 Å². The van der Waals surface area contributed by atoms with Crippen molar-refractivity contribution >= 4 is 0 Å². The first-order chi connectivity index (χ1) is 7.60. The minimum absolute atomic E-state index is 0.123. The van der Waals surface area contributed by atoms with Crippen LogP contribution < -0.4 is 0 Å². The Morgan fingerprint density at radius 2 is 1.88 bits per heavy atom. The van der Waals surface area contributed by atoms with Gasteiger partial charge >= 0.3 is 0 Å². The predicted molar refractivity (Wildman–Crippen MR) is 72.1 cm³/mol. The van der Waals surface area contributed by atoms with Gasteiger partial charge in [-0.1, -0.05) is 20.8 Å². The average molecular weight is 242 g/mol. The van der Waals surface area contributed by atoms with Gasteiger partial charge in [-0.15, -0.1) is 0 Å². The van der Waals surface area contributed by atoms with E-state index in [9.17, 15) is 5.11 Å². The van der Waals surface area contributed by atoms with Crippen LogP contribution >= 0.6 is 0 Å². The van der Waals surface area contributed by atoms with Crippen molar-refractivity contribution in [2.75, 3.05) is 7.11 Å². The highest BCUT2D eigenvalue weighted by Gasteiger charge is 2.42. The van der Waals surface area contributed by atoms with E-state index in [-0.39, 0.29) is 5.60 Å². The van der Waals surface area contributed by atoms with Crippen LogP contribution in [0.15, 0.2) is 0 Å². The second kappa shape index (κ2) is 4.89. The summed E-state index contributed by atoms with van der Waals surface area (Å²) in [6.45, 7) is 11.0. The number of hydrogen-bond acceptors (Lipinski definition) is 2. The van der Waals surface area contributed by atoms with Crippen molar-refractivity contribution in [2.24, 2.45) is 11.3 Å². The third kappa shape index (κ3) is 3.96. The van der Waals surface area contributed by atoms with Gasteiger partial charge in [0.1, 0.15) is 0 Å². The van der Waals surface area contributed by atoms with E-state index in [1.54, 1.807) is 7.11 Å². The van der Waals surface area contributed by atoms with Crippen molar-refractivity contribution in [3.63, 3.8) is 0 Å². The molecule has 0 bridgehead atoms. The van der Waals surface area contributed by atoms with Gasteiger partial charge in [0.15, 0.2) is 0 Å². The highest BCUT2D eigenvalue weighted by atomic mass is 16.5. The molecule has 0 saturated heterocycles. The Labute approximate surface area is 107 Å². The summed E-state index contributed by atoms with van der Waals surface area (Å²) in [6, 6.07) is 0. The first-order valence-corrected chi connectivity index (χ1v) is 6.88. The third-order valence-electron chi connectivity index (χ3n) is 4.72. The zero-order valence-corrected chi connectivity index (χ0v) is 12.5. The lowest BCUT2D eigenvalue weighted by molar-refractivity contribution is -0.0928. The molecule has 1 N–H and O–H groups in total. The molecule has 1 fully saturated rings. The molecule has 0 radical (unpaired) electrons. The molecule has 102 valence electrons. The largest absolute Gasteiger partial charge is 0.390 e. The van der Waals surface area contributed by atoms with E-state index in [0.717, 1.165) is 32.1 Å². The molecular formula is C15H30O2. The molecule has 2 unspecified atom stereocenters. The lowest BCUT2D eigenvalue weighted by Gasteiger charge is -2.46. The highest BCUT2D eigenvalue weighted by Crippen LogP contribution is 2.46. The SMILES string of the molecule is COC(C)(C)CCC1(O)CCC(C)(C)CC1C. The van der Waals surface area contributed by atoms with Crippen LogP contribution in [0.3, 0.4) is 0 Å². The molecule has 0 heterocycles. The normalized spacial score (nSPS) is 33.7. The molecule has 0 aromatic heterocycles. The maximum Gasteiger partial charge on any atom is 0.0674 e. The van der Waals surface area contributed by atoms with Gasteiger partial charge < -0.3 is 9.84 Å². The second-order valence-corrected chi connectivity index (χ2v) is 7.34. The van der Waals surface area contributed by atoms with Crippen LogP contribution in [0, 0.1) is 11.3 Å². The molecule has 1 saturated carbocycles. The van der Waals surface area contributed by atoms with Gasteiger partial charge in [0.05, 0.1) is 11.2 Å². The molecule has 0 amide bonds. The van der Waals surface area contributed by atoms with Crippen molar-refractivity contribution < 1.29 is 9.84 Å². The molecular weight excluding hydrogens is 212 g/mol. The van der Waals surface area contributed by atoms with Crippen LogP contribution in [0.1, 0.15) is 66.7 Å². The van der Waals surface area contributed by atoms with Crippen molar-refractivity contribution in [3.05, 3.63) is 0 Å². The Morgan fingerprint density at radius 3 is 2.35 bits per heavy atom. The van der Waals surface area contributed by atoms with Gasteiger partial charge in [-0.25, -0.2) is 0 Å². The lowest BCUT2D eigenvalue weighted by Crippen LogP contribution is -2.45. The van der Waals surface area contributed by atoms with E-state index < -0.39 is 5.60 Å². The number of methoxy groups -OCH3 is 1. The Kier molecular flexibility index (Phi) is 4.31. The summed E-state index contributed by atoms with van der Waals surface area (Å²) in [7, 11) is 1.75. The molecule has 1 aliphatic rings.